The lowest BCUT2D eigenvalue weighted by molar-refractivity contribution is 0.949. The molecule has 0 aliphatic carbocycles. The summed E-state index contributed by atoms with van der Waals surface area (Å²) < 4.78 is 0. The first kappa shape index (κ1) is 11.1. The number of nitrogens with one attached hydrogen (secondary N) is 1. The lowest BCUT2D eigenvalue weighted by Gasteiger charge is -2.18. The Balaban J connectivity index is 1.78. The van der Waals surface area contributed by atoms with Crippen molar-refractivity contribution in [2.75, 3.05) is 23.3 Å². The lowest BCUT2D eigenvalue weighted by atomic mass is 10.3. The van der Waals surface area contributed by atoms with Crippen molar-refractivity contribution in [2.24, 2.45) is 0 Å². The molecular weight excluding hydrogens is 222 g/mol. The van der Waals surface area contributed by atoms with E-state index in [1.165, 1.54) is 18.5 Å². The Morgan fingerprint density at radius 2 is 1.78 bits per heavy atom. The molecule has 18 heavy (non-hydrogen) atoms. The molecular formula is C15H17N3. The van der Waals surface area contributed by atoms with E-state index in [1.807, 2.05) is 36.5 Å². The third kappa shape index (κ3) is 2.45. The molecule has 1 fully saturated rings. The smallest absolute Gasteiger partial charge is 0.132 e. The number of rotatable bonds is 3. The summed E-state index contributed by atoms with van der Waals surface area (Å²) >= 11 is 0. The first-order valence-electron chi connectivity index (χ1n) is 6.45. The Morgan fingerprint density at radius 3 is 2.56 bits per heavy atom. The minimum absolute atomic E-state index is 0.908. The average molecular weight is 239 g/mol. The Bertz CT molecular complexity index is 504. The van der Waals surface area contributed by atoms with E-state index in [9.17, 15) is 0 Å². The number of benzene rings is 1. The van der Waals surface area contributed by atoms with Crippen LogP contribution in [0.25, 0.3) is 0 Å². The molecule has 1 aliphatic rings. The van der Waals surface area contributed by atoms with Gasteiger partial charge < -0.3 is 10.2 Å². The van der Waals surface area contributed by atoms with Crippen molar-refractivity contribution in [3.63, 3.8) is 0 Å². The lowest BCUT2D eigenvalue weighted by Crippen LogP contribution is -2.17. The van der Waals surface area contributed by atoms with Crippen molar-refractivity contribution in [1.82, 2.24) is 4.98 Å². The van der Waals surface area contributed by atoms with Crippen LogP contribution in [-0.4, -0.2) is 18.1 Å². The minimum Gasteiger partial charge on any atom is -0.371 e. The molecule has 0 amide bonds. The van der Waals surface area contributed by atoms with Crippen LogP contribution < -0.4 is 10.2 Å². The predicted octanol–water partition coefficient (Wildman–Crippen LogP) is 3.43. The number of pyridine rings is 1. The van der Waals surface area contributed by atoms with Gasteiger partial charge in [0.25, 0.3) is 0 Å². The highest BCUT2D eigenvalue weighted by molar-refractivity contribution is 5.61. The number of anilines is 3. The van der Waals surface area contributed by atoms with E-state index in [0.717, 1.165) is 24.6 Å². The normalized spacial score (nSPS) is 14.8. The number of nitrogens with zero attached hydrogens (tertiary/aromatic N) is 2. The monoisotopic (exact) mass is 239 g/mol. The van der Waals surface area contributed by atoms with Gasteiger partial charge >= 0.3 is 0 Å². The Kier molecular flexibility index (Phi) is 3.13. The van der Waals surface area contributed by atoms with E-state index in [0.29, 0.717) is 0 Å². The molecule has 0 bridgehead atoms. The van der Waals surface area contributed by atoms with Gasteiger partial charge in [0.2, 0.25) is 0 Å². The summed E-state index contributed by atoms with van der Waals surface area (Å²) in [5.74, 6) is 0.908. The molecule has 2 heterocycles. The maximum Gasteiger partial charge on any atom is 0.132 e. The van der Waals surface area contributed by atoms with Gasteiger partial charge in [-0.3, -0.25) is 0 Å². The van der Waals surface area contributed by atoms with Gasteiger partial charge in [0.05, 0.1) is 0 Å². The Labute approximate surface area is 107 Å². The zero-order chi connectivity index (χ0) is 12.2. The summed E-state index contributed by atoms with van der Waals surface area (Å²) in [6, 6.07) is 14.4. The van der Waals surface area contributed by atoms with Crippen LogP contribution in [0.15, 0.2) is 48.7 Å². The molecule has 2 aromatic rings. The first-order chi connectivity index (χ1) is 8.92. The molecule has 3 rings (SSSR count). The van der Waals surface area contributed by atoms with E-state index in [-0.39, 0.29) is 0 Å². The Morgan fingerprint density at radius 1 is 1.00 bits per heavy atom. The van der Waals surface area contributed by atoms with Gasteiger partial charge in [0.1, 0.15) is 5.82 Å². The van der Waals surface area contributed by atoms with Crippen LogP contribution >= 0.6 is 0 Å². The van der Waals surface area contributed by atoms with Gasteiger partial charge in [-0.15, -0.1) is 0 Å². The van der Waals surface area contributed by atoms with Crippen LogP contribution in [0.4, 0.5) is 17.2 Å². The SMILES string of the molecule is c1ccc(Nc2cc(N3CCCC3)ccn2)cc1. The summed E-state index contributed by atoms with van der Waals surface area (Å²) in [7, 11) is 0. The fourth-order valence-electron chi connectivity index (χ4n) is 2.33. The second-order valence-corrected chi connectivity index (χ2v) is 4.58. The number of aromatic nitrogens is 1. The van der Waals surface area contributed by atoms with E-state index >= 15 is 0 Å². The second-order valence-electron chi connectivity index (χ2n) is 4.58. The summed E-state index contributed by atoms with van der Waals surface area (Å²) in [4.78, 5) is 6.78. The molecule has 0 spiro atoms. The van der Waals surface area contributed by atoms with Gasteiger partial charge in [0, 0.05) is 36.7 Å². The van der Waals surface area contributed by atoms with E-state index < -0.39 is 0 Å². The van der Waals surface area contributed by atoms with Crippen molar-refractivity contribution >= 4 is 17.2 Å². The van der Waals surface area contributed by atoms with Gasteiger partial charge in [-0.25, -0.2) is 4.98 Å². The zero-order valence-electron chi connectivity index (χ0n) is 10.3. The summed E-state index contributed by atoms with van der Waals surface area (Å²) in [6.07, 6.45) is 4.46. The highest BCUT2D eigenvalue weighted by atomic mass is 15.1. The summed E-state index contributed by atoms with van der Waals surface area (Å²) in [5.41, 5.74) is 2.34. The van der Waals surface area contributed by atoms with E-state index in [1.54, 1.807) is 0 Å². The summed E-state index contributed by atoms with van der Waals surface area (Å²) in [5, 5.41) is 3.33. The Hall–Kier alpha value is -2.03. The number of hydrogen-bond acceptors (Lipinski definition) is 3. The molecule has 1 N–H and O–H groups in total. The molecule has 3 heteroatoms. The molecule has 0 atom stereocenters. The predicted molar refractivity (Wildman–Crippen MR) is 75.4 cm³/mol. The minimum atomic E-state index is 0.908. The molecule has 92 valence electrons. The third-order valence-electron chi connectivity index (χ3n) is 3.26. The average Bonchev–Trinajstić information content (AvgIpc) is 2.94. The second kappa shape index (κ2) is 5.08. The van der Waals surface area contributed by atoms with Crippen molar-refractivity contribution in [2.45, 2.75) is 12.8 Å². The maximum absolute atomic E-state index is 4.37. The van der Waals surface area contributed by atoms with Crippen molar-refractivity contribution in [3.05, 3.63) is 48.7 Å². The number of para-hydroxylation sites is 1. The van der Waals surface area contributed by atoms with Gasteiger partial charge in [-0.05, 0) is 31.0 Å². The van der Waals surface area contributed by atoms with E-state index in [2.05, 4.69) is 27.3 Å². The molecule has 1 aromatic heterocycles. The topological polar surface area (TPSA) is 28.2 Å². The van der Waals surface area contributed by atoms with Gasteiger partial charge in [0.15, 0.2) is 0 Å². The fourth-order valence-corrected chi connectivity index (χ4v) is 2.33. The maximum atomic E-state index is 4.37. The quantitative estimate of drug-likeness (QED) is 0.889. The van der Waals surface area contributed by atoms with Crippen molar-refractivity contribution in [3.8, 4) is 0 Å². The van der Waals surface area contributed by atoms with Crippen LogP contribution in [0, 0.1) is 0 Å². The fraction of sp³-hybridized carbons (Fsp3) is 0.267. The molecule has 1 aliphatic heterocycles. The third-order valence-corrected chi connectivity index (χ3v) is 3.26. The van der Waals surface area contributed by atoms with Crippen LogP contribution in [-0.2, 0) is 0 Å². The largest absolute Gasteiger partial charge is 0.371 e. The van der Waals surface area contributed by atoms with E-state index in [4.69, 9.17) is 0 Å². The highest BCUT2D eigenvalue weighted by Crippen LogP contribution is 2.23. The molecule has 1 saturated heterocycles. The van der Waals surface area contributed by atoms with Gasteiger partial charge in [-0.1, -0.05) is 18.2 Å². The van der Waals surface area contributed by atoms with Crippen LogP contribution in [0.5, 0.6) is 0 Å². The highest BCUT2D eigenvalue weighted by Gasteiger charge is 2.12. The van der Waals surface area contributed by atoms with Crippen LogP contribution in [0.2, 0.25) is 0 Å². The van der Waals surface area contributed by atoms with Crippen molar-refractivity contribution in [1.29, 1.82) is 0 Å². The van der Waals surface area contributed by atoms with Crippen LogP contribution in [0.1, 0.15) is 12.8 Å². The summed E-state index contributed by atoms with van der Waals surface area (Å²) in [6.45, 7) is 2.32. The molecule has 0 radical (unpaired) electrons. The van der Waals surface area contributed by atoms with Crippen LogP contribution in [0.3, 0.4) is 0 Å². The molecule has 0 unspecified atom stereocenters. The van der Waals surface area contributed by atoms with Gasteiger partial charge in [-0.2, -0.15) is 0 Å². The number of hydrogen-bond donors (Lipinski definition) is 1. The van der Waals surface area contributed by atoms with Crippen molar-refractivity contribution < 1.29 is 0 Å². The first-order valence-corrected chi connectivity index (χ1v) is 6.45. The molecule has 3 nitrogen and oxygen atoms in total. The standard InChI is InChI=1S/C15H17N3/c1-2-6-13(7-3-1)17-15-12-14(8-9-16-15)18-10-4-5-11-18/h1-3,6-9,12H,4-5,10-11H2,(H,16,17). The molecule has 1 aromatic carbocycles. The zero-order valence-corrected chi connectivity index (χ0v) is 10.3. The molecule has 0 saturated carbocycles.